The van der Waals surface area contributed by atoms with Gasteiger partial charge < -0.3 is 0 Å². The molecule has 4 aromatic carbocycles. The zero-order valence-electron chi connectivity index (χ0n) is 22.8. The molecule has 0 fully saturated rings. The van der Waals surface area contributed by atoms with Crippen LogP contribution < -0.4 is 9.47 Å². The van der Waals surface area contributed by atoms with Gasteiger partial charge in [0, 0.05) is 0 Å². The SMILES string of the molecule is CCCC[S][Sn]([S]CCCC)([CH]1c2ccccc2Oc2ccccc21)[CH]1c2ccccc2Oc2ccccc21. The predicted molar refractivity (Wildman–Crippen MR) is 170 cm³/mol. The molecule has 0 spiro atoms. The third-order valence-electron chi connectivity index (χ3n) is 7.82. The van der Waals surface area contributed by atoms with Gasteiger partial charge in [-0.1, -0.05) is 0 Å². The van der Waals surface area contributed by atoms with Gasteiger partial charge >= 0.3 is 244 Å². The Morgan fingerprint density at radius 1 is 0.513 bits per heavy atom. The fourth-order valence-corrected chi connectivity index (χ4v) is 43.1. The van der Waals surface area contributed by atoms with Crippen LogP contribution in [0.2, 0.25) is 0 Å². The predicted octanol–water partition coefficient (Wildman–Crippen LogP) is 10.4. The molecule has 2 nitrogen and oxygen atoms in total. The van der Waals surface area contributed by atoms with E-state index < -0.39 is 15.6 Å². The second-order valence-electron chi connectivity index (χ2n) is 10.3. The van der Waals surface area contributed by atoms with Gasteiger partial charge in [0.25, 0.3) is 0 Å². The molecule has 0 N–H and O–H groups in total. The van der Waals surface area contributed by atoms with Crippen molar-refractivity contribution < 1.29 is 9.47 Å². The van der Waals surface area contributed by atoms with E-state index in [-0.39, 0.29) is 0 Å². The van der Waals surface area contributed by atoms with Crippen LogP contribution in [0.1, 0.15) is 69.7 Å². The molecule has 6 rings (SSSR count). The second kappa shape index (κ2) is 12.2. The first-order valence-corrected chi connectivity index (χ1v) is 26.5. The molecule has 0 unspecified atom stereocenters. The van der Waals surface area contributed by atoms with Gasteiger partial charge in [-0.3, -0.25) is 0 Å². The summed E-state index contributed by atoms with van der Waals surface area (Å²) in [6.45, 7) is 4.64. The third-order valence-corrected chi connectivity index (χ3v) is 40.1. The minimum absolute atomic E-state index is 0.355. The summed E-state index contributed by atoms with van der Waals surface area (Å²) >= 11 is -3.52. The van der Waals surface area contributed by atoms with Gasteiger partial charge in [0.1, 0.15) is 0 Å². The number of benzene rings is 4. The topological polar surface area (TPSA) is 18.5 Å². The Morgan fingerprint density at radius 2 is 0.821 bits per heavy atom. The van der Waals surface area contributed by atoms with E-state index >= 15 is 0 Å². The fraction of sp³-hybridized carbons (Fsp3) is 0.294. The molecule has 4 aromatic rings. The van der Waals surface area contributed by atoms with Crippen molar-refractivity contribution in [2.75, 3.05) is 11.5 Å². The molecule has 0 atom stereocenters. The standard InChI is InChI=1S/2C13H9O.2C4H10S.Sn/c2*1-3-7-12-10(5-1)9-11-6-2-4-8-13(11)14-12;2*1-2-3-4-5;/h2*1-9H;2*5H,2-4H2,1H3;/q;;;;+2/p-2. The Balaban J connectivity index is 1.65. The Morgan fingerprint density at radius 3 is 1.13 bits per heavy atom. The van der Waals surface area contributed by atoms with Gasteiger partial charge in [-0.15, -0.1) is 0 Å². The van der Waals surface area contributed by atoms with Gasteiger partial charge in [-0.05, 0) is 0 Å². The van der Waals surface area contributed by atoms with Crippen LogP contribution in [0, 0.1) is 0 Å². The minimum atomic E-state index is -3.52. The average molecular weight is 660 g/mol. The van der Waals surface area contributed by atoms with E-state index in [1.54, 1.807) is 0 Å². The van der Waals surface area contributed by atoms with Crippen molar-refractivity contribution in [1.29, 1.82) is 0 Å². The van der Waals surface area contributed by atoms with E-state index in [0.717, 1.165) is 23.0 Å². The van der Waals surface area contributed by atoms with Crippen molar-refractivity contribution >= 4 is 33.5 Å². The number of hydrogen-bond donors (Lipinski definition) is 0. The van der Waals surface area contributed by atoms with Crippen LogP contribution in [-0.4, -0.2) is 27.1 Å². The van der Waals surface area contributed by atoms with Gasteiger partial charge in [-0.25, -0.2) is 0 Å². The zero-order chi connectivity index (χ0) is 26.7. The molecule has 2 heterocycles. The number of hydrogen-bond acceptors (Lipinski definition) is 4. The Labute approximate surface area is 242 Å². The molecule has 0 amide bonds. The van der Waals surface area contributed by atoms with Crippen LogP contribution in [0.4, 0.5) is 0 Å². The number of ether oxygens (including phenoxy) is 2. The first kappa shape index (κ1) is 27.2. The van der Waals surface area contributed by atoms with Crippen LogP contribution in [0.3, 0.4) is 0 Å². The van der Waals surface area contributed by atoms with Crippen molar-refractivity contribution in [3.63, 3.8) is 0 Å². The van der Waals surface area contributed by atoms with Gasteiger partial charge in [0.2, 0.25) is 0 Å². The molecule has 2 aliphatic heterocycles. The summed E-state index contributed by atoms with van der Waals surface area (Å²) in [6, 6.07) is 35.4. The monoisotopic (exact) mass is 660 g/mol. The van der Waals surface area contributed by atoms with E-state index in [0.29, 0.717) is 7.87 Å². The summed E-state index contributed by atoms with van der Waals surface area (Å²) in [5.41, 5.74) is 5.51. The quantitative estimate of drug-likeness (QED) is 0.125. The molecule has 0 aromatic heterocycles. The average Bonchev–Trinajstić information content (AvgIpc) is 2.98. The molecule has 0 saturated heterocycles. The summed E-state index contributed by atoms with van der Waals surface area (Å²) < 4.78 is 13.9. The van der Waals surface area contributed by atoms with Gasteiger partial charge in [0.05, 0.1) is 0 Å². The molecule has 200 valence electrons. The Kier molecular flexibility index (Phi) is 8.52. The number of fused-ring (bicyclic) bond motifs is 4. The first-order valence-electron chi connectivity index (χ1n) is 14.3. The first-order chi connectivity index (χ1) is 19.3. The third kappa shape index (κ3) is 5.13. The van der Waals surface area contributed by atoms with E-state index in [1.807, 2.05) is 0 Å². The normalized spacial score (nSPS) is 14.4. The maximum atomic E-state index is 6.57. The van der Waals surface area contributed by atoms with Crippen LogP contribution in [0.25, 0.3) is 0 Å². The zero-order valence-corrected chi connectivity index (χ0v) is 27.3. The molecule has 0 radical (unpaired) electrons. The number of rotatable bonds is 10. The van der Waals surface area contributed by atoms with Crippen LogP contribution in [0.5, 0.6) is 23.0 Å². The van der Waals surface area contributed by atoms with Crippen molar-refractivity contribution in [2.45, 2.75) is 47.4 Å². The van der Waals surface area contributed by atoms with Crippen LogP contribution >= 0.6 is 17.9 Å². The summed E-state index contributed by atoms with van der Waals surface area (Å²) in [5.74, 6) is 6.53. The summed E-state index contributed by atoms with van der Waals surface area (Å²) in [5, 5.41) is 0. The molecule has 0 saturated carbocycles. The number of para-hydroxylation sites is 4. The van der Waals surface area contributed by atoms with Crippen molar-refractivity contribution in [3.05, 3.63) is 119 Å². The molecule has 2 aliphatic rings. The van der Waals surface area contributed by atoms with Crippen molar-refractivity contribution in [2.24, 2.45) is 0 Å². The van der Waals surface area contributed by atoms with Crippen molar-refractivity contribution in [3.8, 4) is 23.0 Å². The molecular formula is C34H36O2S2Sn. The van der Waals surface area contributed by atoms with Crippen molar-refractivity contribution in [1.82, 2.24) is 0 Å². The van der Waals surface area contributed by atoms with Gasteiger partial charge in [0.15, 0.2) is 0 Å². The number of unbranched alkanes of at least 4 members (excludes halogenated alkanes) is 2. The Hall–Kier alpha value is -2.02. The fourth-order valence-electron chi connectivity index (χ4n) is 5.98. The summed E-state index contributed by atoms with van der Waals surface area (Å²) in [7, 11) is 4.75. The van der Waals surface area contributed by atoms with Crippen LogP contribution in [-0.2, 0) is 0 Å². The van der Waals surface area contributed by atoms with E-state index in [4.69, 9.17) is 9.47 Å². The second-order valence-corrected chi connectivity index (χ2v) is 34.9. The van der Waals surface area contributed by atoms with Gasteiger partial charge in [-0.2, -0.15) is 0 Å². The summed E-state index contributed by atoms with van der Waals surface area (Å²) in [6.07, 6.45) is 4.93. The molecular weight excluding hydrogens is 623 g/mol. The molecule has 0 bridgehead atoms. The van der Waals surface area contributed by atoms with E-state index in [1.165, 1.54) is 59.4 Å². The summed E-state index contributed by atoms with van der Waals surface area (Å²) in [4.78, 5) is 0. The van der Waals surface area contributed by atoms with E-state index in [2.05, 4.69) is 129 Å². The molecule has 0 aliphatic carbocycles. The maximum absolute atomic E-state index is 6.57. The molecule has 5 heteroatoms. The Bertz CT molecular complexity index is 1240. The van der Waals surface area contributed by atoms with E-state index in [9.17, 15) is 0 Å². The molecule has 39 heavy (non-hydrogen) atoms. The van der Waals surface area contributed by atoms with Crippen LogP contribution in [0.15, 0.2) is 97.1 Å².